The lowest BCUT2D eigenvalue weighted by molar-refractivity contribution is 0.157. The minimum Gasteiger partial charge on any atom is -0.326 e. The van der Waals surface area contributed by atoms with Crippen LogP contribution in [0.3, 0.4) is 0 Å². The highest BCUT2D eigenvalue weighted by atomic mass is 79.9. The molecule has 0 aliphatic carbocycles. The maximum Gasteiger partial charge on any atom is 0.0499 e. The van der Waals surface area contributed by atoms with Gasteiger partial charge in [0.1, 0.15) is 0 Å². The van der Waals surface area contributed by atoms with E-state index in [1.54, 1.807) is 0 Å². The Labute approximate surface area is 136 Å². The molecule has 3 atom stereocenters. The first-order valence-electron chi connectivity index (χ1n) is 7.27. The number of hydrogen-bond acceptors (Lipinski definition) is 3. The molecule has 2 N–H and O–H groups in total. The standard InChI is InChI=1S/C16H27BrN2S/c1-5-14(11-20-4)19(3)16(15(18)6-2)12-7-9-13(17)10-8-12/h7-10,14-16H,5-6,11,18H2,1-4H3. The minimum absolute atomic E-state index is 0.164. The van der Waals surface area contributed by atoms with Crippen LogP contribution >= 0.6 is 27.7 Å². The van der Waals surface area contributed by atoms with Crippen LogP contribution in [0.2, 0.25) is 0 Å². The third-order valence-electron chi connectivity index (χ3n) is 3.93. The van der Waals surface area contributed by atoms with Gasteiger partial charge in [0, 0.05) is 28.4 Å². The van der Waals surface area contributed by atoms with Crippen LogP contribution in [0.1, 0.15) is 38.3 Å². The van der Waals surface area contributed by atoms with E-state index in [2.05, 4.69) is 72.2 Å². The van der Waals surface area contributed by atoms with Gasteiger partial charge in [-0.3, -0.25) is 4.90 Å². The van der Waals surface area contributed by atoms with Gasteiger partial charge in [-0.1, -0.05) is 41.9 Å². The fraction of sp³-hybridized carbons (Fsp3) is 0.625. The Hall–Kier alpha value is -0.0300. The third-order valence-corrected chi connectivity index (χ3v) is 5.18. The smallest absolute Gasteiger partial charge is 0.0499 e. The predicted octanol–water partition coefficient (Wildman–Crippen LogP) is 4.30. The van der Waals surface area contributed by atoms with Crippen molar-refractivity contribution in [3.8, 4) is 0 Å². The van der Waals surface area contributed by atoms with Gasteiger partial charge in [0.25, 0.3) is 0 Å². The fourth-order valence-electron chi connectivity index (χ4n) is 2.61. The molecule has 2 nitrogen and oxygen atoms in total. The van der Waals surface area contributed by atoms with Gasteiger partial charge < -0.3 is 5.73 Å². The summed E-state index contributed by atoms with van der Waals surface area (Å²) in [5.74, 6) is 1.15. The molecule has 0 spiro atoms. The van der Waals surface area contributed by atoms with Crippen molar-refractivity contribution >= 4 is 27.7 Å². The average Bonchev–Trinajstić information content (AvgIpc) is 2.46. The monoisotopic (exact) mass is 358 g/mol. The van der Waals surface area contributed by atoms with Crippen LogP contribution in [0, 0.1) is 0 Å². The van der Waals surface area contributed by atoms with E-state index in [0.717, 1.165) is 23.1 Å². The van der Waals surface area contributed by atoms with Crippen LogP contribution in [-0.4, -0.2) is 36.0 Å². The summed E-state index contributed by atoms with van der Waals surface area (Å²) in [6, 6.07) is 9.60. The number of benzene rings is 1. The molecule has 1 aromatic rings. The summed E-state index contributed by atoms with van der Waals surface area (Å²) >= 11 is 5.41. The Bertz CT molecular complexity index is 383. The van der Waals surface area contributed by atoms with Crippen molar-refractivity contribution in [1.82, 2.24) is 4.90 Å². The largest absolute Gasteiger partial charge is 0.326 e. The Morgan fingerprint density at radius 1 is 1.20 bits per heavy atom. The molecule has 20 heavy (non-hydrogen) atoms. The van der Waals surface area contributed by atoms with E-state index in [0.29, 0.717) is 6.04 Å². The lowest BCUT2D eigenvalue weighted by Crippen LogP contribution is -2.44. The first-order valence-corrected chi connectivity index (χ1v) is 9.45. The van der Waals surface area contributed by atoms with E-state index < -0.39 is 0 Å². The van der Waals surface area contributed by atoms with E-state index in [4.69, 9.17) is 5.73 Å². The van der Waals surface area contributed by atoms with Gasteiger partial charge in [-0.2, -0.15) is 11.8 Å². The van der Waals surface area contributed by atoms with Crippen LogP contribution in [0.5, 0.6) is 0 Å². The average molecular weight is 359 g/mol. The van der Waals surface area contributed by atoms with Gasteiger partial charge in [0.05, 0.1) is 0 Å². The molecular formula is C16H27BrN2S. The molecule has 3 unspecified atom stereocenters. The lowest BCUT2D eigenvalue weighted by Gasteiger charge is -2.38. The van der Waals surface area contributed by atoms with Crippen molar-refractivity contribution in [2.75, 3.05) is 19.1 Å². The number of rotatable bonds is 8. The zero-order chi connectivity index (χ0) is 15.1. The van der Waals surface area contributed by atoms with E-state index in [-0.39, 0.29) is 12.1 Å². The van der Waals surface area contributed by atoms with E-state index in [1.807, 2.05) is 11.8 Å². The van der Waals surface area contributed by atoms with Crippen LogP contribution in [-0.2, 0) is 0 Å². The fourth-order valence-corrected chi connectivity index (χ4v) is 3.73. The minimum atomic E-state index is 0.164. The van der Waals surface area contributed by atoms with Gasteiger partial charge in [-0.15, -0.1) is 0 Å². The van der Waals surface area contributed by atoms with Gasteiger partial charge in [0.2, 0.25) is 0 Å². The number of nitrogens with zero attached hydrogens (tertiary/aromatic N) is 1. The molecule has 114 valence electrons. The Morgan fingerprint density at radius 3 is 2.25 bits per heavy atom. The summed E-state index contributed by atoms with van der Waals surface area (Å²) in [5.41, 5.74) is 7.73. The molecule has 0 aliphatic heterocycles. The van der Waals surface area contributed by atoms with Crippen molar-refractivity contribution in [2.24, 2.45) is 5.73 Å². The highest BCUT2D eigenvalue weighted by Gasteiger charge is 2.27. The highest BCUT2D eigenvalue weighted by Crippen LogP contribution is 2.28. The van der Waals surface area contributed by atoms with Crippen LogP contribution in [0.25, 0.3) is 0 Å². The molecule has 0 radical (unpaired) electrons. The first-order chi connectivity index (χ1) is 9.54. The molecule has 0 saturated heterocycles. The summed E-state index contributed by atoms with van der Waals surface area (Å²) in [6.45, 7) is 4.42. The predicted molar refractivity (Wildman–Crippen MR) is 95.4 cm³/mol. The quantitative estimate of drug-likeness (QED) is 0.750. The molecule has 0 saturated carbocycles. The second-order valence-electron chi connectivity index (χ2n) is 5.25. The summed E-state index contributed by atoms with van der Waals surface area (Å²) in [5, 5.41) is 0. The zero-order valence-corrected chi connectivity index (χ0v) is 15.4. The molecule has 0 heterocycles. The molecule has 0 amide bonds. The maximum atomic E-state index is 6.42. The summed E-state index contributed by atoms with van der Waals surface area (Å²) in [7, 11) is 2.21. The van der Waals surface area contributed by atoms with Crippen molar-refractivity contribution in [1.29, 1.82) is 0 Å². The summed E-state index contributed by atoms with van der Waals surface area (Å²) in [6.07, 6.45) is 4.31. The van der Waals surface area contributed by atoms with E-state index in [9.17, 15) is 0 Å². The maximum absolute atomic E-state index is 6.42. The molecule has 1 aromatic carbocycles. The second kappa shape index (κ2) is 9.08. The zero-order valence-electron chi connectivity index (χ0n) is 13.0. The van der Waals surface area contributed by atoms with Crippen molar-refractivity contribution in [3.05, 3.63) is 34.3 Å². The molecule has 0 fully saturated rings. The van der Waals surface area contributed by atoms with E-state index in [1.165, 1.54) is 5.56 Å². The van der Waals surface area contributed by atoms with Crippen LogP contribution < -0.4 is 5.73 Å². The Balaban J connectivity index is 3.02. The van der Waals surface area contributed by atoms with Crippen molar-refractivity contribution in [2.45, 2.75) is 44.8 Å². The second-order valence-corrected chi connectivity index (χ2v) is 7.08. The summed E-state index contributed by atoms with van der Waals surface area (Å²) in [4.78, 5) is 2.47. The lowest BCUT2D eigenvalue weighted by atomic mass is 9.95. The molecule has 0 aromatic heterocycles. The Kier molecular flexibility index (Phi) is 8.18. The number of thioether (sulfide) groups is 1. The van der Waals surface area contributed by atoms with Crippen LogP contribution in [0.15, 0.2) is 28.7 Å². The molecular weight excluding hydrogens is 332 g/mol. The third kappa shape index (κ3) is 4.76. The Morgan fingerprint density at radius 2 is 1.80 bits per heavy atom. The molecule has 4 heteroatoms. The van der Waals surface area contributed by atoms with Gasteiger partial charge in [-0.25, -0.2) is 0 Å². The van der Waals surface area contributed by atoms with Gasteiger partial charge in [-0.05, 0) is 43.8 Å². The van der Waals surface area contributed by atoms with Crippen molar-refractivity contribution in [3.63, 3.8) is 0 Å². The molecule has 0 aliphatic rings. The van der Waals surface area contributed by atoms with Crippen molar-refractivity contribution < 1.29 is 0 Å². The summed E-state index contributed by atoms with van der Waals surface area (Å²) < 4.78 is 1.11. The van der Waals surface area contributed by atoms with E-state index >= 15 is 0 Å². The van der Waals surface area contributed by atoms with Gasteiger partial charge >= 0.3 is 0 Å². The van der Waals surface area contributed by atoms with Gasteiger partial charge in [0.15, 0.2) is 0 Å². The number of likely N-dealkylation sites (N-methyl/N-ethyl adjacent to an activating group) is 1. The number of halogens is 1. The molecule has 0 bridgehead atoms. The number of hydrogen-bond donors (Lipinski definition) is 1. The van der Waals surface area contributed by atoms with Crippen LogP contribution in [0.4, 0.5) is 0 Å². The normalized spacial score (nSPS) is 16.1. The highest BCUT2D eigenvalue weighted by molar-refractivity contribution is 9.10. The topological polar surface area (TPSA) is 29.3 Å². The SMILES string of the molecule is CCC(N)C(c1ccc(Br)cc1)N(C)C(CC)CSC. The first kappa shape index (κ1) is 18.0. The molecule has 1 rings (SSSR count). The number of nitrogens with two attached hydrogens (primary N) is 1.